The Balaban J connectivity index is 1.79. The lowest BCUT2D eigenvalue weighted by Gasteiger charge is -2.43. The van der Waals surface area contributed by atoms with Gasteiger partial charge in [0.25, 0.3) is 0 Å². The van der Waals surface area contributed by atoms with Gasteiger partial charge in [-0.3, -0.25) is 4.90 Å². The maximum atomic E-state index is 10.6. The highest BCUT2D eigenvalue weighted by Crippen LogP contribution is 2.47. The molecule has 86 valence electrons. The van der Waals surface area contributed by atoms with E-state index in [1.165, 1.54) is 64.5 Å². The molecule has 0 amide bonds. The molecule has 2 nitrogen and oxygen atoms in total. The van der Waals surface area contributed by atoms with Crippen LogP contribution in [-0.4, -0.2) is 34.7 Å². The third kappa shape index (κ3) is 1.62. The van der Waals surface area contributed by atoms with E-state index in [2.05, 4.69) is 4.90 Å². The number of nitrogens with zero attached hydrogens (tertiary/aromatic N) is 1. The van der Waals surface area contributed by atoms with Gasteiger partial charge in [0.05, 0.1) is 6.10 Å². The number of hydrogen-bond donors (Lipinski definition) is 1. The summed E-state index contributed by atoms with van der Waals surface area (Å²) < 4.78 is 0. The third-order valence-electron chi connectivity index (χ3n) is 4.82. The Bertz CT molecular complexity index is 221. The van der Waals surface area contributed by atoms with Gasteiger partial charge >= 0.3 is 0 Å². The van der Waals surface area contributed by atoms with Crippen LogP contribution in [0.4, 0.5) is 0 Å². The van der Waals surface area contributed by atoms with E-state index in [1.807, 2.05) is 0 Å². The van der Waals surface area contributed by atoms with Gasteiger partial charge in [0.2, 0.25) is 0 Å². The summed E-state index contributed by atoms with van der Waals surface area (Å²) in [6.45, 7) is 2.48. The van der Waals surface area contributed by atoms with Gasteiger partial charge in [-0.1, -0.05) is 12.8 Å². The smallest absolute Gasteiger partial charge is 0.0751 e. The molecule has 0 aromatic rings. The molecule has 2 heteroatoms. The first kappa shape index (κ1) is 10.1. The van der Waals surface area contributed by atoms with Crippen LogP contribution in [0.5, 0.6) is 0 Å². The summed E-state index contributed by atoms with van der Waals surface area (Å²) in [6.07, 6.45) is 10.4. The summed E-state index contributed by atoms with van der Waals surface area (Å²) in [6, 6.07) is 0. The molecule has 0 aromatic carbocycles. The van der Waals surface area contributed by atoms with Crippen LogP contribution in [0.15, 0.2) is 0 Å². The maximum absolute atomic E-state index is 10.6. The van der Waals surface area contributed by atoms with Crippen molar-refractivity contribution in [1.82, 2.24) is 4.90 Å². The maximum Gasteiger partial charge on any atom is 0.0751 e. The SMILES string of the molecule is OC(C1CC1)C1(N2CCCC2)CCCC1. The van der Waals surface area contributed by atoms with Crippen molar-refractivity contribution in [1.29, 1.82) is 0 Å². The number of likely N-dealkylation sites (tertiary alicyclic amines) is 1. The van der Waals surface area contributed by atoms with Crippen molar-refractivity contribution in [3.05, 3.63) is 0 Å². The van der Waals surface area contributed by atoms with E-state index in [9.17, 15) is 5.11 Å². The van der Waals surface area contributed by atoms with Crippen molar-refractivity contribution < 1.29 is 5.11 Å². The van der Waals surface area contributed by atoms with Gasteiger partial charge in [-0.2, -0.15) is 0 Å². The van der Waals surface area contributed by atoms with Crippen LogP contribution in [-0.2, 0) is 0 Å². The highest BCUT2D eigenvalue weighted by atomic mass is 16.3. The number of hydrogen-bond acceptors (Lipinski definition) is 2. The van der Waals surface area contributed by atoms with Gasteiger partial charge in [0, 0.05) is 5.54 Å². The standard InChI is InChI=1S/C13H23NO/c15-12(11-5-6-11)13(7-1-2-8-13)14-9-3-4-10-14/h11-12,15H,1-10H2. The minimum absolute atomic E-state index is 0.0156. The van der Waals surface area contributed by atoms with Gasteiger partial charge in [-0.25, -0.2) is 0 Å². The van der Waals surface area contributed by atoms with E-state index < -0.39 is 0 Å². The fourth-order valence-corrected chi connectivity index (χ4v) is 3.80. The molecule has 0 spiro atoms. The van der Waals surface area contributed by atoms with Crippen LogP contribution in [0, 0.1) is 5.92 Å². The molecule has 2 saturated carbocycles. The summed E-state index contributed by atoms with van der Waals surface area (Å²) in [5.74, 6) is 0.642. The highest BCUT2D eigenvalue weighted by molar-refractivity contribution is 5.05. The summed E-state index contributed by atoms with van der Waals surface area (Å²) >= 11 is 0. The quantitative estimate of drug-likeness (QED) is 0.770. The molecule has 2 aliphatic carbocycles. The van der Waals surface area contributed by atoms with Crippen molar-refractivity contribution >= 4 is 0 Å². The Kier molecular flexibility index (Phi) is 2.52. The first-order valence-corrected chi connectivity index (χ1v) is 6.76. The zero-order valence-corrected chi connectivity index (χ0v) is 9.62. The van der Waals surface area contributed by atoms with Crippen molar-refractivity contribution in [2.24, 2.45) is 5.92 Å². The van der Waals surface area contributed by atoms with E-state index in [-0.39, 0.29) is 11.6 Å². The highest BCUT2D eigenvalue weighted by Gasteiger charge is 2.50. The lowest BCUT2D eigenvalue weighted by atomic mass is 9.85. The van der Waals surface area contributed by atoms with Gasteiger partial charge in [-0.15, -0.1) is 0 Å². The second kappa shape index (κ2) is 3.74. The molecule has 3 rings (SSSR count). The van der Waals surface area contributed by atoms with Crippen LogP contribution in [0.1, 0.15) is 51.4 Å². The third-order valence-corrected chi connectivity index (χ3v) is 4.82. The van der Waals surface area contributed by atoms with Gasteiger partial charge in [0.15, 0.2) is 0 Å². The van der Waals surface area contributed by atoms with Crippen molar-refractivity contribution in [3.8, 4) is 0 Å². The molecule has 1 atom stereocenters. The predicted molar refractivity (Wildman–Crippen MR) is 60.7 cm³/mol. The summed E-state index contributed by atoms with van der Waals surface area (Å²) in [5, 5.41) is 10.6. The lowest BCUT2D eigenvalue weighted by molar-refractivity contribution is -0.0298. The topological polar surface area (TPSA) is 23.5 Å². The zero-order valence-electron chi connectivity index (χ0n) is 9.62. The molecule has 0 bridgehead atoms. The van der Waals surface area contributed by atoms with Crippen LogP contribution >= 0.6 is 0 Å². The summed E-state index contributed by atoms with van der Waals surface area (Å²) in [4.78, 5) is 2.63. The number of aliphatic hydroxyl groups excluding tert-OH is 1. The predicted octanol–water partition coefficient (Wildman–Crippen LogP) is 2.17. The van der Waals surface area contributed by atoms with Crippen molar-refractivity contribution in [2.75, 3.05) is 13.1 Å². The van der Waals surface area contributed by atoms with Crippen molar-refractivity contribution in [2.45, 2.75) is 63.0 Å². The van der Waals surface area contributed by atoms with Gasteiger partial charge in [0.1, 0.15) is 0 Å². The largest absolute Gasteiger partial charge is 0.391 e. The van der Waals surface area contributed by atoms with E-state index in [0.717, 1.165) is 0 Å². The molecule has 1 aliphatic heterocycles. The second-order valence-electron chi connectivity index (χ2n) is 5.79. The molecule has 1 heterocycles. The Morgan fingerprint density at radius 1 is 1.00 bits per heavy atom. The fourth-order valence-electron chi connectivity index (χ4n) is 3.80. The molecular weight excluding hydrogens is 186 g/mol. The first-order valence-electron chi connectivity index (χ1n) is 6.76. The Hall–Kier alpha value is -0.0800. The van der Waals surface area contributed by atoms with Crippen molar-refractivity contribution in [3.63, 3.8) is 0 Å². The van der Waals surface area contributed by atoms with Gasteiger partial charge < -0.3 is 5.11 Å². The fraction of sp³-hybridized carbons (Fsp3) is 1.00. The lowest BCUT2D eigenvalue weighted by Crippen LogP contribution is -2.54. The molecule has 3 aliphatic rings. The molecular formula is C13H23NO. The Morgan fingerprint density at radius 2 is 1.60 bits per heavy atom. The molecule has 1 unspecified atom stereocenters. The first-order chi connectivity index (χ1) is 7.33. The molecule has 1 N–H and O–H groups in total. The minimum atomic E-state index is -0.0156. The van der Waals surface area contributed by atoms with E-state index >= 15 is 0 Å². The van der Waals surface area contributed by atoms with Crippen LogP contribution < -0.4 is 0 Å². The van der Waals surface area contributed by atoms with E-state index in [4.69, 9.17) is 0 Å². The molecule has 1 saturated heterocycles. The second-order valence-corrected chi connectivity index (χ2v) is 5.79. The average Bonchev–Trinajstić information content (AvgIpc) is 2.79. The molecule has 0 aromatic heterocycles. The molecule has 15 heavy (non-hydrogen) atoms. The van der Waals surface area contributed by atoms with E-state index in [0.29, 0.717) is 5.92 Å². The van der Waals surface area contributed by atoms with Crippen LogP contribution in [0.25, 0.3) is 0 Å². The summed E-state index contributed by atoms with van der Waals surface area (Å²) in [7, 11) is 0. The van der Waals surface area contributed by atoms with Crippen LogP contribution in [0.2, 0.25) is 0 Å². The minimum Gasteiger partial charge on any atom is -0.391 e. The Morgan fingerprint density at radius 3 is 2.13 bits per heavy atom. The Labute approximate surface area is 92.7 Å². The van der Waals surface area contributed by atoms with E-state index in [1.54, 1.807) is 0 Å². The van der Waals surface area contributed by atoms with Crippen LogP contribution in [0.3, 0.4) is 0 Å². The normalized spacial score (nSPS) is 33.4. The zero-order chi connectivity index (χ0) is 10.3. The monoisotopic (exact) mass is 209 g/mol. The van der Waals surface area contributed by atoms with Gasteiger partial charge in [-0.05, 0) is 57.5 Å². The molecule has 3 fully saturated rings. The summed E-state index contributed by atoms with van der Waals surface area (Å²) in [5.41, 5.74) is 0.206. The number of rotatable bonds is 3. The average molecular weight is 209 g/mol. The number of aliphatic hydroxyl groups is 1. The molecule has 0 radical (unpaired) electrons.